The van der Waals surface area contributed by atoms with Crippen molar-refractivity contribution in [3.63, 3.8) is 0 Å². The first kappa shape index (κ1) is 22.0. The molecule has 1 aromatic rings. The second-order valence-electron chi connectivity index (χ2n) is 6.73. The van der Waals surface area contributed by atoms with E-state index in [1.54, 1.807) is 0 Å². The molecule has 0 saturated carbocycles. The maximum Gasteiger partial charge on any atom is 0.573 e. The van der Waals surface area contributed by atoms with E-state index in [-0.39, 0.29) is 24.1 Å². The summed E-state index contributed by atoms with van der Waals surface area (Å²) >= 11 is 0. The molecule has 0 aliphatic carbocycles. The van der Waals surface area contributed by atoms with Gasteiger partial charge in [-0.2, -0.15) is 0 Å². The third-order valence-corrected chi connectivity index (χ3v) is 4.46. The van der Waals surface area contributed by atoms with Crippen molar-refractivity contribution in [2.24, 2.45) is 0 Å². The minimum atomic E-state index is -4.75. The molecule has 1 aliphatic rings. The van der Waals surface area contributed by atoms with E-state index in [4.69, 9.17) is 0 Å². The van der Waals surface area contributed by atoms with Crippen molar-refractivity contribution in [3.05, 3.63) is 24.3 Å². The van der Waals surface area contributed by atoms with Gasteiger partial charge in [0.25, 0.3) is 0 Å². The predicted molar refractivity (Wildman–Crippen MR) is 98.9 cm³/mol. The Kier molecular flexibility index (Phi) is 8.10. The van der Waals surface area contributed by atoms with Crippen LogP contribution in [0.4, 0.5) is 18.9 Å². The summed E-state index contributed by atoms with van der Waals surface area (Å²) in [5.74, 6) is -0.434. The minimum Gasteiger partial charge on any atom is -0.406 e. The summed E-state index contributed by atoms with van der Waals surface area (Å²) in [6.07, 6.45) is -1.14. The molecule has 0 unspecified atom stereocenters. The Labute approximate surface area is 162 Å². The number of hydrogen-bond donors (Lipinski definition) is 1. The number of benzene rings is 1. The Morgan fingerprint density at radius 1 is 1.07 bits per heavy atom. The summed E-state index contributed by atoms with van der Waals surface area (Å²) in [5.41, 5.74) is 0.393. The Morgan fingerprint density at radius 3 is 2.29 bits per heavy atom. The van der Waals surface area contributed by atoms with E-state index >= 15 is 0 Å². The molecule has 0 spiro atoms. The van der Waals surface area contributed by atoms with Crippen molar-refractivity contribution in [1.29, 1.82) is 0 Å². The third-order valence-electron chi connectivity index (χ3n) is 4.46. The number of nitrogens with one attached hydrogen (secondary N) is 1. The van der Waals surface area contributed by atoms with Crippen molar-refractivity contribution in [2.75, 3.05) is 38.0 Å². The maximum atomic E-state index is 12.1. The summed E-state index contributed by atoms with van der Waals surface area (Å²) in [7, 11) is 0. The van der Waals surface area contributed by atoms with Crippen LogP contribution in [0.2, 0.25) is 0 Å². The fourth-order valence-corrected chi connectivity index (χ4v) is 2.98. The molecule has 1 saturated heterocycles. The molecule has 0 aromatic heterocycles. The zero-order valence-electron chi connectivity index (χ0n) is 15.9. The lowest BCUT2D eigenvalue weighted by Crippen LogP contribution is -2.50. The van der Waals surface area contributed by atoms with Crippen molar-refractivity contribution in [3.8, 4) is 5.75 Å². The molecule has 0 atom stereocenters. The van der Waals surface area contributed by atoms with Gasteiger partial charge in [-0.25, -0.2) is 0 Å². The van der Waals surface area contributed by atoms with Gasteiger partial charge < -0.3 is 15.0 Å². The van der Waals surface area contributed by atoms with Gasteiger partial charge in [0.05, 0.1) is 6.54 Å². The fourth-order valence-electron chi connectivity index (χ4n) is 2.98. The molecule has 1 aliphatic heterocycles. The number of rotatable bonds is 8. The highest BCUT2D eigenvalue weighted by Crippen LogP contribution is 2.23. The van der Waals surface area contributed by atoms with Gasteiger partial charge in [-0.1, -0.05) is 19.8 Å². The molecule has 1 fully saturated rings. The van der Waals surface area contributed by atoms with Crippen LogP contribution in [0.15, 0.2) is 24.3 Å². The maximum absolute atomic E-state index is 12.1. The van der Waals surface area contributed by atoms with Crippen molar-refractivity contribution >= 4 is 17.5 Å². The van der Waals surface area contributed by atoms with Crippen LogP contribution in [0.5, 0.6) is 5.75 Å². The first-order chi connectivity index (χ1) is 13.3. The number of piperazine rings is 1. The van der Waals surface area contributed by atoms with Crippen LogP contribution in [0, 0.1) is 0 Å². The summed E-state index contributed by atoms with van der Waals surface area (Å²) in [4.78, 5) is 28.0. The van der Waals surface area contributed by atoms with Gasteiger partial charge in [-0.05, 0) is 30.7 Å². The summed E-state index contributed by atoms with van der Waals surface area (Å²) in [6, 6.07) is 5.00. The standard InChI is InChI=1S/C19H26F3N3O3/c1-2-3-4-5-18(27)25-12-10-24(11-13-25)14-17(26)23-15-6-8-16(9-7-15)28-19(20,21)22/h6-9H,2-5,10-14H2,1H3,(H,23,26). The largest absolute Gasteiger partial charge is 0.573 e. The van der Waals surface area contributed by atoms with Crippen LogP contribution in [0.1, 0.15) is 32.6 Å². The van der Waals surface area contributed by atoms with E-state index in [1.807, 2.05) is 9.80 Å². The number of amides is 2. The van der Waals surface area contributed by atoms with E-state index in [9.17, 15) is 22.8 Å². The predicted octanol–water partition coefficient (Wildman–Crippen LogP) is 3.25. The number of nitrogens with zero attached hydrogens (tertiary/aromatic N) is 2. The normalized spacial score (nSPS) is 15.4. The van der Waals surface area contributed by atoms with Gasteiger partial charge in [0.15, 0.2) is 0 Å². The molecule has 28 heavy (non-hydrogen) atoms. The Hall–Kier alpha value is -2.29. The lowest BCUT2D eigenvalue weighted by Gasteiger charge is -2.34. The molecule has 6 nitrogen and oxygen atoms in total. The van der Waals surface area contributed by atoms with Crippen LogP contribution in [-0.2, 0) is 9.59 Å². The van der Waals surface area contributed by atoms with Crippen LogP contribution >= 0.6 is 0 Å². The first-order valence-corrected chi connectivity index (χ1v) is 9.42. The van der Waals surface area contributed by atoms with E-state index in [0.717, 1.165) is 31.4 Å². The van der Waals surface area contributed by atoms with Crippen molar-refractivity contribution in [2.45, 2.75) is 39.0 Å². The molecule has 2 amide bonds. The molecular formula is C19H26F3N3O3. The van der Waals surface area contributed by atoms with Crippen molar-refractivity contribution < 1.29 is 27.5 Å². The molecule has 1 N–H and O–H groups in total. The zero-order chi connectivity index (χ0) is 20.6. The molecule has 9 heteroatoms. The van der Waals surface area contributed by atoms with Gasteiger partial charge in [0.2, 0.25) is 11.8 Å². The van der Waals surface area contributed by atoms with Crippen molar-refractivity contribution in [1.82, 2.24) is 9.80 Å². The van der Waals surface area contributed by atoms with Gasteiger partial charge in [-0.3, -0.25) is 14.5 Å². The second kappa shape index (κ2) is 10.3. The van der Waals surface area contributed by atoms with Crippen LogP contribution < -0.4 is 10.1 Å². The lowest BCUT2D eigenvalue weighted by molar-refractivity contribution is -0.274. The Bertz CT molecular complexity index is 642. The van der Waals surface area contributed by atoms with Crippen LogP contribution in [-0.4, -0.2) is 60.7 Å². The average molecular weight is 401 g/mol. The van der Waals surface area contributed by atoms with E-state index in [0.29, 0.717) is 38.3 Å². The smallest absolute Gasteiger partial charge is 0.406 e. The van der Waals surface area contributed by atoms with E-state index in [1.165, 1.54) is 12.1 Å². The minimum absolute atomic E-state index is 0.165. The SMILES string of the molecule is CCCCCC(=O)N1CCN(CC(=O)Nc2ccc(OC(F)(F)F)cc2)CC1. The number of unbranched alkanes of at least 4 members (excludes halogenated alkanes) is 2. The fraction of sp³-hybridized carbons (Fsp3) is 0.579. The van der Waals surface area contributed by atoms with E-state index in [2.05, 4.69) is 17.0 Å². The third kappa shape index (κ3) is 7.75. The number of alkyl halides is 3. The monoisotopic (exact) mass is 401 g/mol. The molecule has 0 bridgehead atoms. The van der Waals surface area contributed by atoms with Gasteiger partial charge in [-0.15, -0.1) is 13.2 Å². The molecule has 0 radical (unpaired) electrons. The highest BCUT2D eigenvalue weighted by atomic mass is 19.4. The van der Waals surface area contributed by atoms with Gasteiger partial charge in [0, 0.05) is 38.3 Å². The molecule has 156 valence electrons. The lowest BCUT2D eigenvalue weighted by atomic mass is 10.2. The summed E-state index contributed by atoms with van der Waals surface area (Å²) < 4.78 is 40.2. The molecular weight excluding hydrogens is 375 g/mol. The number of carbonyl (C=O) groups is 2. The number of hydrogen-bond acceptors (Lipinski definition) is 4. The number of ether oxygens (including phenoxy) is 1. The quantitative estimate of drug-likeness (QED) is 0.680. The topological polar surface area (TPSA) is 61.9 Å². The van der Waals surface area contributed by atoms with Gasteiger partial charge >= 0.3 is 6.36 Å². The van der Waals surface area contributed by atoms with E-state index < -0.39 is 6.36 Å². The summed E-state index contributed by atoms with van der Waals surface area (Å²) in [6.45, 7) is 4.69. The van der Waals surface area contributed by atoms with Gasteiger partial charge in [0.1, 0.15) is 5.75 Å². The number of anilines is 1. The second-order valence-corrected chi connectivity index (χ2v) is 6.73. The highest BCUT2D eigenvalue weighted by molar-refractivity contribution is 5.92. The molecule has 1 aromatic carbocycles. The number of carbonyl (C=O) groups excluding carboxylic acids is 2. The molecule has 1 heterocycles. The Balaban J connectivity index is 1.72. The molecule has 2 rings (SSSR count). The number of halogens is 3. The zero-order valence-corrected chi connectivity index (χ0v) is 15.9. The average Bonchev–Trinajstić information content (AvgIpc) is 2.63. The highest BCUT2D eigenvalue weighted by Gasteiger charge is 2.31. The Morgan fingerprint density at radius 2 is 1.71 bits per heavy atom. The first-order valence-electron chi connectivity index (χ1n) is 9.42. The van der Waals surface area contributed by atoms with Crippen LogP contribution in [0.25, 0.3) is 0 Å². The summed E-state index contributed by atoms with van der Waals surface area (Å²) in [5, 5.41) is 2.65. The van der Waals surface area contributed by atoms with Crippen LogP contribution in [0.3, 0.4) is 0 Å².